The largest absolute Gasteiger partial charge is 0.309 e. The van der Waals surface area contributed by atoms with Crippen molar-refractivity contribution in [2.45, 2.75) is 55.4 Å². The summed E-state index contributed by atoms with van der Waals surface area (Å²) in [6, 6.07) is 68.7. The molecule has 0 fully saturated rings. The molecule has 16 rings (SSSR count). The van der Waals surface area contributed by atoms with Gasteiger partial charge in [-0.15, -0.1) is 0 Å². The molecule has 458 valence electrons. The topological polar surface area (TPSA) is 227 Å². The van der Waals surface area contributed by atoms with E-state index in [1.165, 1.54) is 0 Å². The van der Waals surface area contributed by atoms with Crippen LogP contribution < -0.4 is 0 Å². The van der Waals surface area contributed by atoms with E-state index >= 15 is 0 Å². The van der Waals surface area contributed by atoms with E-state index in [1.807, 2.05) is 140 Å². The number of rotatable bonds is 11. The molecule has 0 unspecified atom stereocenters. The van der Waals surface area contributed by atoms with Crippen LogP contribution in [0, 0.1) is 66.7 Å². The second-order valence-corrected chi connectivity index (χ2v) is 23.8. The van der Waals surface area contributed by atoms with Gasteiger partial charge in [0.05, 0.1) is 39.4 Å². The number of hydrogen-bond donors (Lipinski definition) is 0. The van der Waals surface area contributed by atoms with Crippen molar-refractivity contribution in [3.63, 3.8) is 0 Å². The Labute approximate surface area is 551 Å². The van der Waals surface area contributed by atoms with Gasteiger partial charge in [0.2, 0.25) is 0 Å². The molecule has 96 heavy (non-hydrogen) atoms. The third-order valence-corrected chi connectivity index (χ3v) is 17.1. The minimum atomic E-state index is 0.462. The standard InChI is InChI=1S/C78H56N18/c1-42-80-43(2)85-74(84-42)55-24-31-67-63(36-55)64-37-56(75-86-44(3)81-45(4)87-75)25-32-68(64)95(67)59-28-29-60(78-93-72(52-15-11-9-12-16-52)92-73(94-78)53-17-13-10-14-18-53)61(40-59)62-35-54(51-21-19-50(41-79)20-22-51)23-30-69(62)96-70-33-26-57(76-88-46(5)82-47(6)89-76)38-65(70)66-39-58(27-34-71(66)96)77-90-48(7)83-49(8)91-77/h9-40H,1-8H3. The highest BCUT2D eigenvalue weighted by Crippen LogP contribution is 2.45. The van der Waals surface area contributed by atoms with Crippen molar-refractivity contribution < 1.29 is 0 Å². The van der Waals surface area contributed by atoms with Crippen LogP contribution in [0.5, 0.6) is 0 Å². The number of aryl methyl sites for hydroxylation is 8. The van der Waals surface area contributed by atoms with Gasteiger partial charge < -0.3 is 9.13 Å². The Balaban J connectivity index is 1.02. The zero-order valence-electron chi connectivity index (χ0n) is 53.5. The third-order valence-electron chi connectivity index (χ3n) is 17.1. The summed E-state index contributed by atoms with van der Waals surface area (Å²) < 4.78 is 4.64. The van der Waals surface area contributed by atoms with E-state index in [0.29, 0.717) is 92.9 Å². The second kappa shape index (κ2) is 23.4. The van der Waals surface area contributed by atoms with Gasteiger partial charge in [-0.25, -0.2) is 74.8 Å². The Bertz CT molecular complexity index is 5540. The lowest BCUT2D eigenvalue weighted by atomic mass is 9.92. The molecule has 0 spiro atoms. The summed E-state index contributed by atoms with van der Waals surface area (Å²) in [5.74, 6) is 8.84. The zero-order chi connectivity index (χ0) is 65.5. The first-order valence-corrected chi connectivity index (χ1v) is 31.3. The molecule has 0 aliphatic rings. The Hall–Kier alpha value is -12.9. The summed E-state index contributed by atoms with van der Waals surface area (Å²) in [4.78, 5) is 72.8. The Morgan fingerprint density at radius 2 is 0.594 bits per heavy atom. The predicted octanol–water partition coefficient (Wildman–Crippen LogP) is 16.1. The average Bonchev–Trinajstić information content (AvgIpc) is 1.59. The molecule has 0 N–H and O–H groups in total. The predicted molar refractivity (Wildman–Crippen MR) is 374 cm³/mol. The maximum atomic E-state index is 10.0. The van der Waals surface area contributed by atoms with Crippen molar-refractivity contribution in [1.82, 2.24) is 83.9 Å². The van der Waals surface area contributed by atoms with E-state index in [4.69, 9.17) is 54.8 Å². The first kappa shape index (κ1) is 58.2. The highest BCUT2D eigenvalue weighted by Gasteiger charge is 2.26. The van der Waals surface area contributed by atoms with Crippen LogP contribution in [-0.2, 0) is 0 Å². The van der Waals surface area contributed by atoms with Crippen LogP contribution in [0.25, 0.3) is 157 Å². The lowest BCUT2D eigenvalue weighted by molar-refractivity contribution is 0.928. The molecular formula is C78H56N18. The van der Waals surface area contributed by atoms with E-state index < -0.39 is 0 Å². The van der Waals surface area contributed by atoms with Crippen LogP contribution >= 0.6 is 0 Å². The smallest absolute Gasteiger partial charge is 0.164 e. The van der Waals surface area contributed by atoms with Crippen LogP contribution in [0.15, 0.2) is 194 Å². The Kier molecular flexibility index (Phi) is 14.2. The van der Waals surface area contributed by atoms with E-state index in [0.717, 1.165) is 116 Å². The van der Waals surface area contributed by atoms with E-state index in [9.17, 15) is 5.26 Å². The second-order valence-electron chi connectivity index (χ2n) is 23.8. The van der Waals surface area contributed by atoms with Crippen LogP contribution in [0.4, 0.5) is 0 Å². The molecule has 0 amide bonds. The van der Waals surface area contributed by atoms with Gasteiger partial charge in [0.25, 0.3) is 0 Å². The average molecular weight is 1250 g/mol. The van der Waals surface area contributed by atoms with Crippen molar-refractivity contribution >= 4 is 43.6 Å². The number of benzene rings is 9. The molecule has 0 radical (unpaired) electrons. The highest BCUT2D eigenvalue weighted by molar-refractivity contribution is 6.13. The van der Waals surface area contributed by atoms with Gasteiger partial charge in [-0.2, -0.15) is 5.26 Å². The normalized spacial score (nSPS) is 11.5. The number of fused-ring (bicyclic) bond motifs is 6. The molecule has 0 saturated heterocycles. The summed E-state index contributed by atoms with van der Waals surface area (Å²) in [6.07, 6.45) is 0. The van der Waals surface area contributed by atoms with Crippen LogP contribution in [-0.4, -0.2) is 83.9 Å². The van der Waals surface area contributed by atoms with Gasteiger partial charge in [0, 0.05) is 71.7 Å². The van der Waals surface area contributed by atoms with Crippen molar-refractivity contribution in [2.75, 3.05) is 0 Å². The molecule has 0 aliphatic carbocycles. The van der Waals surface area contributed by atoms with Gasteiger partial charge in [0.15, 0.2) is 40.8 Å². The number of aromatic nitrogens is 17. The first-order chi connectivity index (χ1) is 46.7. The van der Waals surface area contributed by atoms with Crippen LogP contribution in [0.3, 0.4) is 0 Å². The molecular weight excluding hydrogens is 1190 g/mol. The van der Waals surface area contributed by atoms with Gasteiger partial charge in [-0.05, 0) is 187 Å². The summed E-state index contributed by atoms with van der Waals surface area (Å²) in [7, 11) is 0. The van der Waals surface area contributed by atoms with E-state index in [2.05, 4.69) is 144 Å². The van der Waals surface area contributed by atoms with E-state index in [-0.39, 0.29) is 0 Å². The zero-order valence-corrected chi connectivity index (χ0v) is 53.5. The van der Waals surface area contributed by atoms with Gasteiger partial charge in [-0.3, -0.25) is 0 Å². The molecule has 9 aromatic carbocycles. The molecule has 0 atom stereocenters. The maximum Gasteiger partial charge on any atom is 0.164 e. The summed E-state index contributed by atoms with van der Waals surface area (Å²) in [5.41, 5.74) is 15.2. The number of nitriles is 1. The van der Waals surface area contributed by atoms with Gasteiger partial charge >= 0.3 is 0 Å². The molecule has 7 aromatic heterocycles. The molecule has 18 nitrogen and oxygen atoms in total. The fraction of sp³-hybridized carbons (Fsp3) is 0.103. The molecule has 16 aromatic rings. The van der Waals surface area contributed by atoms with Gasteiger partial charge in [-0.1, -0.05) is 78.9 Å². The van der Waals surface area contributed by atoms with Crippen molar-refractivity contribution in [3.05, 3.63) is 246 Å². The monoisotopic (exact) mass is 1240 g/mol. The summed E-state index contributed by atoms with van der Waals surface area (Å²) in [5, 5.41) is 13.9. The quantitative estimate of drug-likeness (QED) is 0.117. The molecule has 7 heterocycles. The number of nitrogens with zero attached hydrogens (tertiary/aromatic N) is 18. The Morgan fingerprint density at radius 1 is 0.250 bits per heavy atom. The fourth-order valence-electron chi connectivity index (χ4n) is 13.0. The first-order valence-electron chi connectivity index (χ1n) is 31.3. The Morgan fingerprint density at radius 3 is 0.979 bits per heavy atom. The third kappa shape index (κ3) is 10.7. The molecule has 0 saturated carbocycles. The van der Waals surface area contributed by atoms with Crippen LogP contribution in [0.2, 0.25) is 0 Å². The lowest BCUT2D eigenvalue weighted by Crippen LogP contribution is -2.04. The molecule has 0 bridgehead atoms. The minimum Gasteiger partial charge on any atom is -0.309 e. The maximum absolute atomic E-state index is 10.0. The SMILES string of the molecule is Cc1nc(C)nc(-c2ccc3c(c2)c2cc(-c4nc(C)nc(C)n4)ccc2n3-c2ccc(-c3nc(-c4ccccc4)nc(-c4ccccc4)n3)c(-c3cc(-c4ccc(C#N)cc4)ccc3-n3c4ccc(-c5nc(C)nc(C)n5)cc4c4cc(-c5nc(C)nc(C)n5)ccc43)c2)n1. The highest BCUT2D eigenvalue weighted by atomic mass is 15.1. The van der Waals surface area contributed by atoms with Crippen molar-refractivity contribution in [2.24, 2.45) is 0 Å². The van der Waals surface area contributed by atoms with Gasteiger partial charge in [0.1, 0.15) is 46.6 Å². The summed E-state index contributed by atoms with van der Waals surface area (Å²) >= 11 is 0. The van der Waals surface area contributed by atoms with E-state index in [1.54, 1.807) is 0 Å². The van der Waals surface area contributed by atoms with Crippen molar-refractivity contribution in [1.29, 1.82) is 5.26 Å². The number of hydrogen-bond acceptors (Lipinski definition) is 16. The lowest BCUT2D eigenvalue weighted by Gasteiger charge is -2.20. The minimum absolute atomic E-state index is 0.462. The molecule has 18 heteroatoms. The summed E-state index contributed by atoms with van der Waals surface area (Å²) in [6.45, 7) is 15.1. The fourth-order valence-corrected chi connectivity index (χ4v) is 13.0. The van der Waals surface area contributed by atoms with Crippen molar-refractivity contribution in [3.8, 4) is 119 Å². The molecule has 0 aliphatic heterocycles. The van der Waals surface area contributed by atoms with Crippen LogP contribution in [0.1, 0.15) is 52.2 Å².